The highest BCUT2D eigenvalue weighted by atomic mass is 16.8. The molecule has 0 radical (unpaired) electrons. The molecule has 0 bridgehead atoms. The smallest absolute Gasteiger partial charge is 0.340 e. The van der Waals surface area contributed by atoms with Gasteiger partial charge >= 0.3 is 5.97 Å². The van der Waals surface area contributed by atoms with Crippen molar-refractivity contribution in [2.75, 3.05) is 0 Å². The fourth-order valence-electron chi connectivity index (χ4n) is 5.74. The molecule has 6 atom stereocenters. The van der Waals surface area contributed by atoms with Crippen LogP contribution < -0.4 is 0 Å². The van der Waals surface area contributed by atoms with Crippen molar-refractivity contribution in [3.8, 4) is 0 Å². The SMILES string of the molecule is C[C@@H]1OC(=O)[C@@](C)(CCC[C@@H](C)[C@H]2CC[C@H]3C(=O)CCC[C@]23C)O1. The molecule has 1 aliphatic heterocycles. The number of ketones is 1. The maximum absolute atomic E-state index is 12.3. The summed E-state index contributed by atoms with van der Waals surface area (Å²) in [4.78, 5) is 24.2. The van der Waals surface area contributed by atoms with Crippen LogP contribution in [-0.4, -0.2) is 23.6 Å². The van der Waals surface area contributed by atoms with Gasteiger partial charge in [-0.15, -0.1) is 0 Å². The van der Waals surface area contributed by atoms with Gasteiger partial charge in [-0.1, -0.05) is 20.3 Å². The van der Waals surface area contributed by atoms with Gasteiger partial charge in [0.15, 0.2) is 5.60 Å². The number of esters is 1. The topological polar surface area (TPSA) is 52.6 Å². The molecule has 0 unspecified atom stereocenters. The average molecular weight is 336 g/mol. The Morgan fingerprint density at radius 1 is 1.25 bits per heavy atom. The van der Waals surface area contributed by atoms with E-state index in [0.717, 1.165) is 32.1 Å². The van der Waals surface area contributed by atoms with Crippen LogP contribution in [0.4, 0.5) is 0 Å². The van der Waals surface area contributed by atoms with Gasteiger partial charge in [-0.05, 0) is 69.6 Å². The second-order valence-electron chi connectivity index (χ2n) is 8.75. The minimum atomic E-state index is -0.776. The number of carbonyl (C=O) groups is 2. The zero-order valence-corrected chi connectivity index (χ0v) is 15.6. The number of ether oxygens (including phenoxy) is 2. The molecule has 3 aliphatic rings. The van der Waals surface area contributed by atoms with Crippen LogP contribution in [0.3, 0.4) is 0 Å². The highest BCUT2D eigenvalue weighted by molar-refractivity contribution is 5.83. The van der Waals surface area contributed by atoms with Crippen molar-refractivity contribution < 1.29 is 19.1 Å². The van der Waals surface area contributed by atoms with Crippen molar-refractivity contribution in [2.24, 2.45) is 23.2 Å². The third-order valence-corrected chi connectivity index (χ3v) is 7.07. The molecule has 0 amide bonds. The summed E-state index contributed by atoms with van der Waals surface area (Å²) < 4.78 is 10.8. The summed E-state index contributed by atoms with van der Waals surface area (Å²) in [7, 11) is 0. The Morgan fingerprint density at radius 3 is 2.67 bits per heavy atom. The molecular formula is C20H32O4. The molecule has 4 heteroatoms. The summed E-state index contributed by atoms with van der Waals surface area (Å²) in [5, 5.41) is 0. The average Bonchev–Trinajstić information content (AvgIpc) is 2.96. The van der Waals surface area contributed by atoms with Crippen LogP contribution in [0, 0.1) is 23.2 Å². The molecule has 4 nitrogen and oxygen atoms in total. The second-order valence-corrected chi connectivity index (χ2v) is 8.75. The van der Waals surface area contributed by atoms with Crippen LogP contribution in [0.5, 0.6) is 0 Å². The first-order valence-corrected chi connectivity index (χ1v) is 9.68. The molecule has 0 aromatic heterocycles. The van der Waals surface area contributed by atoms with E-state index in [0.29, 0.717) is 30.0 Å². The predicted octanol–water partition coefficient (Wildman–Crippen LogP) is 4.26. The van der Waals surface area contributed by atoms with Crippen LogP contribution in [-0.2, 0) is 19.1 Å². The number of Topliss-reactive ketones (excluding diaryl/α,β-unsaturated/α-hetero) is 1. The van der Waals surface area contributed by atoms with Crippen molar-refractivity contribution in [1.29, 1.82) is 0 Å². The number of hydrogen-bond donors (Lipinski definition) is 0. The zero-order chi connectivity index (χ0) is 17.5. The molecule has 0 N–H and O–H groups in total. The van der Waals surface area contributed by atoms with Crippen molar-refractivity contribution in [1.82, 2.24) is 0 Å². The molecule has 1 saturated heterocycles. The summed E-state index contributed by atoms with van der Waals surface area (Å²) in [6.07, 6.45) is 7.64. The monoisotopic (exact) mass is 336 g/mol. The molecule has 3 fully saturated rings. The molecule has 0 aromatic carbocycles. The molecule has 3 rings (SSSR count). The van der Waals surface area contributed by atoms with Crippen molar-refractivity contribution in [3.05, 3.63) is 0 Å². The quantitative estimate of drug-likeness (QED) is 0.704. The van der Waals surface area contributed by atoms with E-state index in [2.05, 4.69) is 13.8 Å². The Balaban J connectivity index is 1.55. The lowest BCUT2D eigenvalue weighted by Crippen LogP contribution is -2.39. The molecule has 136 valence electrons. The first kappa shape index (κ1) is 17.9. The zero-order valence-electron chi connectivity index (χ0n) is 15.6. The summed E-state index contributed by atoms with van der Waals surface area (Å²) in [6.45, 7) is 8.29. The summed E-state index contributed by atoms with van der Waals surface area (Å²) in [6, 6.07) is 0. The number of fused-ring (bicyclic) bond motifs is 1. The Kier molecular flexibility index (Phi) is 4.80. The summed E-state index contributed by atoms with van der Waals surface area (Å²) >= 11 is 0. The van der Waals surface area contributed by atoms with E-state index in [1.807, 2.05) is 6.92 Å². The normalized spacial score (nSPS) is 43.6. The fraction of sp³-hybridized carbons (Fsp3) is 0.900. The van der Waals surface area contributed by atoms with E-state index in [1.165, 1.54) is 12.8 Å². The van der Waals surface area contributed by atoms with Gasteiger partial charge in [0.2, 0.25) is 6.29 Å². The number of cyclic esters (lactones) is 1. The Labute approximate surface area is 145 Å². The molecule has 2 saturated carbocycles. The van der Waals surface area contributed by atoms with Crippen molar-refractivity contribution in [2.45, 2.75) is 91.0 Å². The number of rotatable bonds is 5. The van der Waals surface area contributed by atoms with E-state index in [9.17, 15) is 9.59 Å². The molecule has 24 heavy (non-hydrogen) atoms. The van der Waals surface area contributed by atoms with Gasteiger partial charge in [-0.25, -0.2) is 4.79 Å². The highest BCUT2D eigenvalue weighted by Crippen LogP contribution is 2.57. The van der Waals surface area contributed by atoms with Crippen molar-refractivity contribution in [3.63, 3.8) is 0 Å². The van der Waals surface area contributed by atoms with E-state index < -0.39 is 11.9 Å². The largest absolute Gasteiger partial charge is 0.434 e. The van der Waals surface area contributed by atoms with Crippen LogP contribution in [0.1, 0.15) is 79.1 Å². The van der Waals surface area contributed by atoms with E-state index >= 15 is 0 Å². The van der Waals surface area contributed by atoms with E-state index in [-0.39, 0.29) is 11.4 Å². The number of hydrogen-bond acceptors (Lipinski definition) is 4. The van der Waals surface area contributed by atoms with Crippen LogP contribution in [0.2, 0.25) is 0 Å². The van der Waals surface area contributed by atoms with Crippen LogP contribution >= 0.6 is 0 Å². The Morgan fingerprint density at radius 2 is 2.00 bits per heavy atom. The minimum Gasteiger partial charge on any atom is -0.434 e. The second kappa shape index (κ2) is 6.44. The van der Waals surface area contributed by atoms with Crippen LogP contribution in [0.25, 0.3) is 0 Å². The Bertz CT molecular complexity index is 516. The summed E-state index contributed by atoms with van der Waals surface area (Å²) in [5.41, 5.74) is -0.571. The molecule has 0 aromatic rings. The van der Waals surface area contributed by atoms with E-state index in [1.54, 1.807) is 6.92 Å². The molecule has 0 spiro atoms. The summed E-state index contributed by atoms with van der Waals surface area (Å²) in [5.74, 6) is 1.79. The minimum absolute atomic E-state index is 0.204. The first-order valence-electron chi connectivity index (χ1n) is 9.68. The van der Waals surface area contributed by atoms with Crippen LogP contribution in [0.15, 0.2) is 0 Å². The van der Waals surface area contributed by atoms with Gasteiger partial charge in [-0.2, -0.15) is 0 Å². The third kappa shape index (κ3) is 3.02. The lowest BCUT2D eigenvalue weighted by Gasteiger charge is -2.42. The van der Waals surface area contributed by atoms with Gasteiger partial charge in [0.05, 0.1) is 0 Å². The van der Waals surface area contributed by atoms with Crippen molar-refractivity contribution >= 4 is 11.8 Å². The van der Waals surface area contributed by atoms with Gasteiger partial charge in [0.25, 0.3) is 0 Å². The van der Waals surface area contributed by atoms with Gasteiger partial charge in [-0.3, -0.25) is 4.79 Å². The predicted molar refractivity (Wildman–Crippen MR) is 91.2 cm³/mol. The molecular weight excluding hydrogens is 304 g/mol. The third-order valence-electron chi connectivity index (χ3n) is 7.07. The Hall–Kier alpha value is -0.900. The number of carbonyl (C=O) groups excluding carboxylic acids is 2. The highest BCUT2D eigenvalue weighted by Gasteiger charge is 2.52. The van der Waals surface area contributed by atoms with Gasteiger partial charge in [0, 0.05) is 12.3 Å². The first-order chi connectivity index (χ1) is 11.3. The lowest BCUT2D eigenvalue weighted by molar-refractivity contribution is -0.144. The van der Waals surface area contributed by atoms with Gasteiger partial charge < -0.3 is 9.47 Å². The lowest BCUT2D eigenvalue weighted by atomic mass is 9.62. The van der Waals surface area contributed by atoms with Gasteiger partial charge in [0.1, 0.15) is 5.78 Å². The fourth-order valence-corrected chi connectivity index (χ4v) is 5.74. The molecule has 2 aliphatic carbocycles. The standard InChI is InChI=1S/C20H32O4/c1-13(7-5-12-20(4)18(22)23-14(2)24-20)15-9-10-16-17(21)8-6-11-19(15,16)3/h13-16H,5-12H2,1-4H3/t13-,14-,15-,16+,19-,20-/m1/s1. The maximum Gasteiger partial charge on any atom is 0.340 e. The molecule has 1 heterocycles. The maximum atomic E-state index is 12.3. The van der Waals surface area contributed by atoms with E-state index in [4.69, 9.17) is 9.47 Å².